The number of hydrogen-bond acceptors (Lipinski definition) is 1. The van der Waals surface area contributed by atoms with E-state index in [1.807, 2.05) is 0 Å². The Hall–Kier alpha value is -0.0400. The van der Waals surface area contributed by atoms with E-state index in [4.69, 9.17) is 11.6 Å². The third-order valence-electron chi connectivity index (χ3n) is 4.37. The van der Waals surface area contributed by atoms with E-state index in [-0.39, 0.29) is 10.8 Å². The Balaban J connectivity index is 2.46. The highest BCUT2D eigenvalue weighted by Crippen LogP contribution is 2.64. The summed E-state index contributed by atoms with van der Waals surface area (Å²) in [6.07, 6.45) is 3.00. The van der Waals surface area contributed by atoms with Crippen molar-refractivity contribution in [3.8, 4) is 0 Å². The van der Waals surface area contributed by atoms with Gasteiger partial charge in [0.05, 0.1) is 0 Å². The van der Waals surface area contributed by atoms with Crippen LogP contribution in [0.1, 0.15) is 33.1 Å². The van der Waals surface area contributed by atoms with E-state index in [2.05, 4.69) is 13.8 Å². The van der Waals surface area contributed by atoms with Gasteiger partial charge in [0.25, 0.3) is 0 Å². The monoisotopic (exact) mass is 186 g/mol. The maximum Gasteiger partial charge on any atom is 0.141 e. The SMILES string of the molecule is CC1(C)C2CC[C@@]1(CCl)C(=O)C2. The van der Waals surface area contributed by atoms with Crippen molar-refractivity contribution in [2.45, 2.75) is 33.1 Å². The molecule has 0 N–H and O–H groups in total. The smallest absolute Gasteiger partial charge is 0.141 e. The third kappa shape index (κ3) is 0.693. The summed E-state index contributed by atoms with van der Waals surface area (Å²) in [5.74, 6) is 1.54. The highest BCUT2D eigenvalue weighted by Gasteiger charge is 2.63. The molecule has 2 heteroatoms. The Morgan fingerprint density at radius 1 is 1.58 bits per heavy atom. The molecule has 68 valence electrons. The van der Waals surface area contributed by atoms with Crippen LogP contribution < -0.4 is 0 Å². The van der Waals surface area contributed by atoms with Crippen molar-refractivity contribution >= 4 is 17.4 Å². The molecule has 0 amide bonds. The Morgan fingerprint density at radius 2 is 2.25 bits per heavy atom. The second-order valence-corrected chi connectivity index (χ2v) is 5.07. The molecule has 0 heterocycles. The summed E-state index contributed by atoms with van der Waals surface area (Å²) in [6.45, 7) is 4.41. The van der Waals surface area contributed by atoms with E-state index in [9.17, 15) is 4.79 Å². The van der Waals surface area contributed by atoms with Crippen molar-refractivity contribution in [2.75, 3.05) is 5.88 Å². The van der Waals surface area contributed by atoms with Gasteiger partial charge in [-0.2, -0.15) is 0 Å². The fourth-order valence-electron chi connectivity index (χ4n) is 3.08. The van der Waals surface area contributed by atoms with Gasteiger partial charge >= 0.3 is 0 Å². The predicted molar refractivity (Wildman–Crippen MR) is 49.3 cm³/mol. The molecule has 0 aliphatic heterocycles. The quantitative estimate of drug-likeness (QED) is 0.576. The predicted octanol–water partition coefficient (Wildman–Crippen LogP) is 2.62. The summed E-state index contributed by atoms with van der Waals surface area (Å²) in [5, 5.41) is 0. The van der Waals surface area contributed by atoms with Crippen LogP contribution in [0.2, 0.25) is 0 Å². The molecular formula is C10H15ClO. The maximum atomic E-state index is 11.7. The molecule has 0 radical (unpaired) electrons. The molecule has 0 aromatic rings. The second-order valence-electron chi connectivity index (χ2n) is 4.80. The van der Waals surface area contributed by atoms with Gasteiger partial charge < -0.3 is 0 Å². The van der Waals surface area contributed by atoms with Gasteiger partial charge in [-0.15, -0.1) is 11.6 Å². The number of Topliss-reactive ketones (excluding diaryl/α,β-unsaturated/α-hetero) is 1. The summed E-state index contributed by atoms with van der Waals surface area (Å²) in [4.78, 5) is 11.7. The summed E-state index contributed by atoms with van der Waals surface area (Å²) in [7, 11) is 0. The standard InChI is InChI=1S/C10H15ClO/c1-9(2)7-3-4-10(9,6-11)8(12)5-7/h7H,3-6H2,1-2H3/t7?,10-/m1/s1. The minimum Gasteiger partial charge on any atom is -0.299 e. The lowest BCUT2D eigenvalue weighted by Gasteiger charge is -2.34. The molecule has 2 rings (SSSR count). The molecule has 2 bridgehead atoms. The third-order valence-corrected chi connectivity index (χ3v) is 4.82. The molecule has 2 saturated carbocycles. The van der Waals surface area contributed by atoms with E-state index in [0.717, 1.165) is 12.8 Å². The average Bonchev–Trinajstić information content (AvgIpc) is 2.36. The Morgan fingerprint density at radius 3 is 2.50 bits per heavy atom. The van der Waals surface area contributed by atoms with Gasteiger partial charge in [-0.25, -0.2) is 0 Å². The van der Waals surface area contributed by atoms with Crippen molar-refractivity contribution in [3.63, 3.8) is 0 Å². The van der Waals surface area contributed by atoms with Gasteiger partial charge in [-0.3, -0.25) is 4.79 Å². The lowest BCUT2D eigenvalue weighted by Crippen LogP contribution is -2.37. The molecule has 2 aliphatic carbocycles. The maximum absolute atomic E-state index is 11.7. The Bertz CT molecular complexity index is 234. The number of hydrogen-bond donors (Lipinski definition) is 0. The molecule has 0 spiro atoms. The highest BCUT2D eigenvalue weighted by molar-refractivity contribution is 6.20. The van der Waals surface area contributed by atoms with E-state index in [0.29, 0.717) is 17.6 Å². The van der Waals surface area contributed by atoms with Gasteiger partial charge in [0.1, 0.15) is 5.78 Å². The van der Waals surface area contributed by atoms with Crippen LogP contribution in [0.3, 0.4) is 0 Å². The molecular weight excluding hydrogens is 172 g/mol. The van der Waals surface area contributed by atoms with Crippen molar-refractivity contribution in [1.82, 2.24) is 0 Å². The summed E-state index contributed by atoms with van der Waals surface area (Å²) in [5.41, 5.74) is -0.00887. The van der Waals surface area contributed by atoms with Crippen molar-refractivity contribution < 1.29 is 4.79 Å². The zero-order valence-electron chi connectivity index (χ0n) is 7.69. The first kappa shape index (κ1) is 8.55. The Kier molecular flexibility index (Phi) is 1.61. The largest absolute Gasteiger partial charge is 0.299 e. The van der Waals surface area contributed by atoms with Crippen LogP contribution >= 0.6 is 11.6 Å². The lowest BCUT2D eigenvalue weighted by molar-refractivity contribution is -0.127. The first-order valence-electron chi connectivity index (χ1n) is 4.64. The molecule has 0 aromatic carbocycles. The van der Waals surface area contributed by atoms with Gasteiger partial charge in [0.2, 0.25) is 0 Å². The van der Waals surface area contributed by atoms with Crippen molar-refractivity contribution in [2.24, 2.45) is 16.7 Å². The number of halogens is 1. The minimum atomic E-state index is -0.167. The van der Waals surface area contributed by atoms with Crippen LogP contribution in [0.25, 0.3) is 0 Å². The first-order valence-corrected chi connectivity index (χ1v) is 5.17. The number of alkyl halides is 1. The molecule has 0 aromatic heterocycles. The number of ketones is 1. The molecule has 2 fully saturated rings. The van der Waals surface area contributed by atoms with Gasteiger partial charge in [0, 0.05) is 17.7 Å². The minimum absolute atomic E-state index is 0.159. The van der Waals surface area contributed by atoms with Crippen LogP contribution in [-0.4, -0.2) is 11.7 Å². The molecule has 1 nitrogen and oxygen atoms in total. The highest BCUT2D eigenvalue weighted by atomic mass is 35.5. The Labute approximate surface area is 78.5 Å². The fourth-order valence-corrected chi connectivity index (χ4v) is 3.71. The van der Waals surface area contributed by atoms with Crippen molar-refractivity contribution in [3.05, 3.63) is 0 Å². The van der Waals surface area contributed by atoms with E-state index in [1.54, 1.807) is 0 Å². The number of rotatable bonds is 1. The van der Waals surface area contributed by atoms with Gasteiger partial charge in [-0.05, 0) is 24.2 Å². The zero-order chi connectivity index (χ0) is 8.98. The zero-order valence-corrected chi connectivity index (χ0v) is 8.45. The number of carbonyl (C=O) groups is 1. The molecule has 0 saturated heterocycles. The molecule has 2 atom stereocenters. The normalized spacial score (nSPS) is 43.9. The van der Waals surface area contributed by atoms with E-state index in [1.165, 1.54) is 6.42 Å². The summed E-state index contributed by atoms with van der Waals surface area (Å²) in [6, 6.07) is 0. The average molecular weight is 187 g/mol. The first-order chi connectivity index (χ1) is 5.54. The lowest BCUT2D eigenvalue weighted by atomic mass is 9.70. The number of carbonyl (C=O) groups excluding carboxylic acids is 1. The van der Waals surface area contributed by atoms with Gasteiger partial charge in [0.15, 0.2) is 0 Å². The second kappa shape index (κ2) is 2.25. The van der Waals surface area contributed by atoms with Crippen LogP contribution in [0, 0.1) is 16.7 Å². The fraction of sp³-hybridized carbons (Fsp3) is 0.900. The molecule has 12 heavy (non-hydrogen) atoms. The van der Waals surface area contributed by atoms with E-state index < -0.39 is 0 Å². The summed E-state index contributed by atoms with van der Waals surface area (Å²) < 4.78 is 0. The van der Waals surface area contributed by atoms with Crippen LogP contribution in [-0.2, 0) is 4.79 Å². The van der Waals surface area contributed by atoms with Crippen LogP contribution in [0.5, 0.6) is 0 Å². The van der Waals surface area contributed by atoms with E-state index >= 15 is 0 Å². The van der Waals surface area contributed by atoms with Crippen molar-refractivity contribution in [1.29, 1.82) is 0 Å². The number of fused-ring (bicyclic) bond motifs is 2. The molecule has 2 aliphatic rings. The topological polar surface area (TPSA) is 17.1 Å². The summed E-state index contributed by atoms with van der Waals surface area (Å²) >= 11 is 5.95. The van der Waals surface area contributed by atoms with Crippen LogP contribution in [0.15, 0.2) is 0 Å². The molecule has 1 unspecified atom stereocenters. The van der Waals surface area contributed by atoms with Crippen LogP contribution in [0.4, 0.5) is 0 Å². The van der Waals surface area contributed by atoms with Gasteiger partial charge in [-0.1, -0.05) is 13.8 Å².